The fourth-order valence-corrected chi connectivity index (χ4v) is 1.96. The molecule has 0 radical (unpaired) electrons. The third kappa shape index (κ3) is 2.36. The molecule has 2 heterocycles. The molecular formula is C11H18N2O. The lowest BCUT2D eigenvalue weighted by Crippen LogP contribution is -2.40. The molecule has 1 saturated heterocycles. The van der Waals surface area contributed by atoms with Crippen LogP contribution < -0.4 is 10.6 Å². The molecule has 0 aliphatic carbocycles. The summed E-state index contributed by atoms with van der Waals surface area (Å²) in [5.41, 5.74) is 0. The van der Waals surface area contributed by atoms with Crippen molar-refractivity contribution in [3.05, 3.63) is 24.2 Å². The number of hydrogen-bond acceptors (Lipinski definition) is 3. The summed E-state index contributed by atoms with van der Waals surface area (Å²) in [5.74, 6) is 1.03. The van der Waals surface area contributed by atoms with E-state index < -0.39 is 0 Å². The summed E-state index contributed by atoms with van der Waals surface area (Å²) in [7, 11) is 0. The molecule has 0 bridgehead atoms. The molecule has 0 saturated carbocycles. The van der Waals surface area contributed by atoms with Crippen molar-refractivity contribution in [3.8, 4) is 0 Å². The van der Waals surface area contributed by atoms with Crippen molar-refractivity contribution < 1.29 is 4.42 Å². The zero-order valence-corrected chi connectivity index (χ0v) is 8.62. The molecule has 1 fully saturated rings. The van der Waals surface area contributed by atoms with Gasteiger partial charge in [-0.05, 0) is 45.0 Å². The van der Waals surface area contributed by atoms with Gasteiger partial charge in [-0.2, -0.15) is 0 Å². The second kappa shape index (κ2) is 4.62. The first-order valence-corrected chi connectivity index (χ1v) is 5.36. The van der Waals surface area contributed by atoms with Crippen molar-refractivity contribution in [3.63, 3.8) is 0 Å². The van der Waals surface area contributed by atoms with Crippen molar-refractivity contribution >= 4 is 0 Å². The highest BCUT2D eigenvalue weighted by Gasteiger charge is 2.16. The average Bonchev–Trinajstić information content (AvgIpc) is 2.72. The van der Waals surface area contributed by atoms with E-state index in [1.807, 2.05) is 12.1 Å². The van der Waals surface area contributed by atoms with E-state index in [9.17, 15) is 0 Å². The second-order valence-electron chi connectivity index (χ2n) is 3.93. The predicted octanol–water partition coefficient (Wildman–Crippen LogP) is 1.68. The number of piperidine rings is 1. The normalized spacial score (nSPS) is 20.9. The first kappa shape index (κ1) is 9.74. The first-order valence-electron chi connectivity index (χ1n) is 5.36. The standard InChI is InChI=1S/C11H18N2O/c1-9(11-3-2-8-14-11)13-10-4-6-12-7-5-10/h2-3,8-10,12-13H,4-7H2,1H3/t9-/m0/s1. The van der Waals surface area contributed by atoms with Crippen LogP contribution in [-0.4, -0.2) is 19.1 Å². The minimum Gasteiger partial charge on any atom is -0.468 e. The molecule has 1 aromatic heterocycles. The molecule has 3 heteroatoms. The number of rotatable bonds is 3. The van der Waals surface area contributed by atoms with E-state index in [1.165, 1.54) is 12.8 Å². The minimum atomic E-state index is 0.327. The van der Waals surface area contributed by atoms with Gasteiger partial charge in [-0.3, -0.25) is 0 Å². The fraction of sp³-hybridized carbons (Fsp3) is 0.636. The van der Waals surface area contributed by atoms with Crippen LogP contribution in [0.1, 0.15) is 31.6 Å². The van der Waals surface area contributed by atoms with Gasteiger partial charge in [0.05, 0.1) is 12.3 Å². The molecule has 78 valence electrons. The molecule has 1 aliphatic rings. The molecule has 1 aromatic rings. The zero-order valence-electron chi connectivity index (χ0n) is 8.62. The number of furan rings is 1. The van der Waals surface area contributed by atoms with E-state index in [1.54, 1.807) is 6.26 Å². The molecular weight excluding hydrogens is 176 g/mol. The van der Waals surface area contributed by atoms with Crippen LogP contribution >= 0.6 is 0 Å². The van der Waals surface area contributed by atoms with E-state index >= 15 is 0 Å². The predicted molar refractivity (Wildman–Crippen MR) is 56.2 cm³/mol. The smallest absolute Gasteiger partial charge is 0.120 e. The SMILES string of the molecule is C[C@H](NC1CCNCC1)c1ccco1. The molecule has 1 atom stereocenters. The molecule has 2 rings (SSSR count). The van der Waals surface area contributed by atoms with Crippen LogP contribution in [0.15, 0.2) is 22.8 Å². The Kier molecular flexibility index (Phi) is 3.22. The quantitative estimate of drug-likeness (QED) is 0.768. The van der Waals surface area contributed by atoms with Crippen LogP contribution in [0.2, 0.25) is 0 Å². The summed E-state index contributed by atoms with van der Waals surface area (Å²) in [6, 6.07) is 4.93. The Hall–Kier alpha value is -0.800. The number of nitrogens with one attached hydrogen (secondary N) is 2. The van der Waals surface area contributed by atoms with Gasteiger partial charge in [-0.25, -0.2) is 0 Å². The Morgan fingerprint density at radius 3 is 2.93 bits per heavy atom. The molecule has 0 amide bonds. The topological polar surface area (TPSA) is 37.2 Å². The van der Waals surface area contributed by atoms with Gasteiger partial charge in [0.2, 0.25) is 0 Å². The molecule has 0 aromatic carbocycles. The van der Waals surface area contributed by atoms with Crippen LogP contribution in [0.4, 0.5) is 0 Å². The molecule has 14 heavy (non-hydrogen) atoms. The van der Waals surface area contributed by atoms with Gasteiger partial charge < -0.3 is 15.1 Å². The summed E-state index contributed by atoms with van der Waals surface area (Å²) in [6.07, 6.45) is 4.16. The van der Waals surface area contributed by atoms with Gasteiger partial charge in [0, 0.05) is 6.04 Å². The fourth-order valence-electron chi connectivity index (χ4n) is 1.96. The van der Waals surface area contributed by atoms with Crippen molar-refractivity contribution in [2.75, 3.05) is 13.1 Å². The van der Waals surface area contributed by atoms with Gasteiger partial charge >= 0.3 is 0 Å². The summed E-state index contributed by atoms with van der Waals surface area (Å²) < 4.78 is 5.36. The summed E-state index contributed by atoms with van der Waals surface area (Å²) in [4.78, 5) is 0. The molecule has 0 spiro atoms. The molecule has 3 nitrogen and oxygen atoms in total. The Bertz CT molecular complexity index is 252. The highest BCUT2D eigenvalue weighted by atomic mass is 16.3. The highest BCUT2D eigenvalue weighted by molar-refractivity contribution is 5.03. The number of hydrogen-bond donors (Lipinski definition) is 2. The maximum Gasteiger partial charge on any atom is 0.120 e. The Labute approximate surface area is 84.9 Å². The van der Waals surface area contributed by atoms with E-state index in [0.717, 1.165) is 18.8 Å². The van der Waals surface area contributed by atoms with Gasteiger partial charge in [0.1, 0.15) is 5.76 Å². The van der Waals surface area contributed by atoms with Crippen LogP contribution in [0.3, 0.4) is 0 Å². The van der Waals surface area contributed by atoms with Crippen LogP contribution in [0.25, 0.3) is 0 Å². The van der Waals surface area contributed by atoms with Gasteiger partial charge in [-0.1, -0.05) is 0 Å². The lowest BCUT2D eigenvalue weighted by Gasteiger charge is -2.26. The molecule has 2 N–H and O–H groups in total. The Morgan fingerprint density at radius 2 is 2.29 bits per heavy atom. The Morgan fingerprint density at radius 1 is 1.50 bits per heavy atom. The average molecular weight is 194 g/mol. The maximum atomic E-state index is 5.36. The van der Waals surface area contributed by atoms with Gasteiger partial charge in [0.15, 0.2) is 0 Å². The third-order valence-corrected chi connectivity index (χ3v) is 2.79. The van der Waals surface area contributed by atoms with E-state index in [4.69, 9.17) is 4.42 Å². The second-order valence-corrected chi connectivity index (χ2v) is 3.93. The first-order chi connectivity index (χ1) is 6.86. The van der Waals surface area contributed by atoms with E-state index in [2.05, 4.69) is 17.6 Å². The highest BCUT2D eigenvalue weighted by Crippen LogP contribution is 2.15. The molecule has 1 aliphatic heterocycles. The van der Waals surface area contributed by atoms with Crippen LogP contribution in [0.5, 0.6) is 0 Å². The van der Waals surface area contributed by atoms with Crippen molar-refractivity contribution in [2.24, 2.45) is 0 Å². The van der Waals surface area contributed by atoms with E-state index in [0.29, 0.717) is 12.1 Å². The largest absolute Gasteiger partial charge is 0.468 e. The van der Waals surface area contributed by atoms with Crippen LogP contribution in [0, 0.1) is 0 Å². The monoisotopic (exact) mass is 194 g/mol. The van der Waals surface area contributed by atoms with Gasteiger partial charge in [-0.15, -0.1) is 0 Å². The zero-order chi connectivity index (χ0) is 9.80. The Balaban J connectivity index is 1.84. The lowest BCUT2D eigenvalue weighted by molar-refractivity contribution is 0.333. The molecule has 0 unspecified atom stereocenters. The summed E-state index contributed by atoms with van der Waals surface area (Å²) >= 11 is 0. The summed E-state index contributed by atoms with van der Waals surface area (Å²) in [5, 5.41) is 6.95. The van der Waals surface area contributed by atoms with Crippen molar-refractivity contribution in [1.82, 2.24) is 10.6 Å². The third-order valence-electron chi connectivity index (χ3n) is 2.79. The van der Waals surface area contributed by atoms with Crippen molar-refractivity contribution in [2.45, 2.75) is 31.8 Å². The van der Waals surface area contributed by atoms with Crippen molar-refractivity contribution in [1.29, 1.82) is 0 Å². The minimum absolute atomic E-state index is 0.327. The van der Waals surface area contributed by atoms with E-state index in [-0.39, 0.29) is 0 Å². The summed E-state index contributed by atoms with van der Waals surface area (Å²) in [6.45, 7) is 4.41. The lowest BCUT2D eigenvalue weighted by atomic mass is 10.1. The van der Waals surface area contributed by atoms with Gasteiger partial charge in [0.25, 0.3) is 0 Å². The van der Waals surface area contributed by atoms with Crippen LogP contribution in [-0.2, 0) is 0 Å². The maximum absolute atomic E-state index is 5.36.